The second-order valence-electron chi connectivity index (χ2n) is 7.22. The maximum absolute atomic E-state index is 13.0. The molecule has 1 aromatic heterocycles. The van der Waals surface area contributed by atoms with Gasteiger partial charge in [-0.2, -0.15) is 0 Å². The van der Waals surface area contributed by atoms with Crippen LogP contribution in [0.3, 0.4) is 0 Å². The third kappa shape index (κ3) is 3.72. The van der Waals surface area contributed by atoms with Gasteiger partial charge in [-0.1, -0.05) is 36.4 Å². The third-order valence-corrected chi connectivity index (χ3v) is 7.81. The minimum absolute atomic E-state index is 0.0245. The van der Waals surface area contributed by atoms with Crippen LogP contribution in [0.5, 0.6) is 0 Å². The van der Waals surface area contributed by atoms with Crippen LogP contribution in [-0.4, -0.2) is 21.5 Å². The molecule has 0 bridgehead atoms. The van der Waals surface area contributed by atoms with Gasteiger partial charge in [0.25, 0.3) is 0 Å². The molecular formula is C22H24N2O2S2. The van der Waals surface area contributed by atoms with E-state index < -0.39 is 10.0 Å². The average molecular weight is 413 g/mol. The molecule has 0 unspecified atom stereocenters. The van der Waals surface area contributed by atoms with Crippen molar-refractivity contribution in [2.24, 2.45) is 0 Å². The largest absolute Gasteiger partial charge is 0.362 e. The molecule has 6 heteroatoms. The van der Waals surface area contributed by atoms with E-state index in [0.717, 1.165) is 24.1 Å². The van der Waals surface area contributed by atoms with E-state index in [1.807, 2.05) is 43.5 Å². The van der Waals surface area contributed by atoms with E-state index in [2.05, 4.69) is 33.9 Å². The fourth-order valence-corrected chi connectivity index (χ4v) is 6.00. The molecule has 0 fully saturated rings. The molecule has 2 aromatic carbocycles. The maximum atomic E-state index is 13.0. The Balaban J connectivity index is 1.62. The van der Waals surface area contributed by atoms with Crippen LogP contribution in [0.25, 0.3) is 0 Å². The van der Waals surface area contributed by atoms with Gasteiger partial charge in [0.05, 0.1) is 10.9 Å². The number of anilines is 1. The molecule has 0 saturated heterocycles. The Morgan fingerprint density at radius 1 is 1.11 bits per heavy atom. The summed E-state index contributed by atoms with van der Waals surface area (Å²) in [4.78, 5) is 3.85. The molecule has 4 nitrogen and oxygen atoms in total. The lowest BCUT2D eigenvalue weighted by Gasteiger charge is -2.30. The Labute approximate surface area is 170 Å². The number of nitrogens with zero attached hydrogens (tertiary/aromatic N) is 1. The van der Waals surface area contributed by atoms with Crippen LogP contribution >= 0.6 is 11.3 Å². The van der Waals surface area contributed by atoms with Crippen LogP contribution in [-0.2, 0) is 16.4 Å². The van der Waals surface area contributed by atoms with Crippen molar-refractivity contribution in [2.75, 3.05) is 18.0 Å². The summed E-state index contributed by atoms with van der Waals surface area (Å²) >= 11 is 1.67. The number of hydrogen-bond acceptors (Lipinski definition) is 4. The van der Waals surface area contributed by atoms with Gasteiger partial charge in [-0.3, -0.25) is 0 Å². The number of rotatable bonds is 6. The molecular weight excluding hydrogens is 388 g/mol. The predicted octanol–water partition coefficient (Wildman–Crippen LogP) is 4.45. The first kappa shape index (κ1) is 19.2. The molecule has 0 radical (unpaired) electrons. The summed E-state index contributed by atoms with van der Waals surface area (Å²) in [5, 5.41) is 2.05. The number of hydrogen-bond donors (Lipinski definition) is 1. The summed E-state index contributed by atoms with van der Waals surface area (Å²) in [6.45, 7) is 4.98. The molecule has 3 aromatic rings. The van der Waals surface area contributed by atoms with E-state index in [-0.39, 0.29) is 6.04 Å². The Morgan fingerprint density at radius 3 is 2.71 bits per heavy atom. The van der Waals surface area contributed by atoms with Gasteiger partial charge in [0.1, 0.15) is 0 Å². The van der Waals surface area contributed by atoms with E-state index in [4.69, 9.17) is 0 Å². The second kappa shape index (κ2) is 7.70. The molecule has 146 valence electrons. The number of sulfonamides is 1. The Bertz CT molecular complexity index is 1080. The van der Waals surface area contributed by atoms with Gasteiger partial charge in [-0.15, -0.1) is 11.3 Å². The van der Waals surface area contributed by atoms with Gasteiger partial charge in [0, 0.05) is 23.7 Å². The molecule has 1 N–H and O–H groups in total. The SMILES string of the molecule is Cc1ccc(C)c(S(=O)(=O)NC[C@H](c2cccs2)N2CCc3ccccc32)c1. The molecule has 0 aliphatic carbocycles. The molecule has 2 heterocycles. The lowest BCUT2D eigenvalue weighted by atomic mass is 10.1. The highest BCUT2D eigenvalue weighted by molar-refractivity contribution is 7.89. The van der Waals surface area contributed by atoms with Crippen molar-refractivity contribution < 1.29 is 8.42 Å². The van der Waals surface area contributed by atoms with Crippen molar-refractivity contribution in [3.05, 3.63) is 81.5 Å². The lowest BCUT2D eigenvalue weighted by Crippen LogP contribution is -2.37. The number of fused-ring (bicyclic) bond motifs is 1. The number of aryl methyl sites for hydroxylation is 2. The molecule has 28 heavy (non-hydrogen) atoms. The summed E-state index contributed by atoms with van der Waals surface area (Å²) in [7, 11) is -3.58. The molecule has 1 atom stereocenters. The van der Waals surface area contributed by atoms with E-state index in [0.29, 0.717) is 11.4 Å². The minimum atomic E-state index is -3.58. The highest BCUT2D eigenvalue weighted by Crippen LogP contribution is 2.36. The van der Waals surface area contributed by atoms with E-state index >= 15 is 0 Å². The normalized spacial score (nSPS) is 14.9. The lowest BCUT2D eigenvalue weighted by molar-refractivity contribution is 0.564. The number of benzene rings is 2. The van der Waals surface area contributed by atoms with Crippen LogP contribution in [0.1, 0.15) is 27.6 Å². The molecule has 0 amide bonds. The highest BCUT2D eigenvalue weighted by atomic mass is 32.2. The van der Waals surface area contributed by atoms with Gasteiger partial charge in [0.2, 0.25) is 10.0 Å². The van der Waals surface area contributed by atoms with Crippen LogP contribution in [0.4, 0.5) is 5.69 Å². The summed E-state index contributed by atoms with van der Waals surface area (Å²) in [6, 6.07) is 18.0. The first-order chi connectivity index (χ1) is 13.5. The van der Waals surface area contributed by atoms with E-state index in [1.54, 1.807) is 17.4 Å². The van der Waals surface area contributed by atoms with E-state index in [9.17, 15) is 8.42 Å². The minimum Gasteiger partial charge on any atom is -0.362 e. The van der Waals surface area contributed by atoms with Gasteiger partial charge < -0.3 is 4.90 Å². The van der Waals surface area contributed by atoms with Crippen LogP contribution < -0.4 is 9.62 Å². The topological polar surface area (TPSA) is 49.4 Å². The summed E-state index contributed by atoms with van der Waals surface area (Å²) in [5.41, 5.74) is 4.22. The second-order valence-corrected chi connectivity index (χ2v) is 9.94. The molecule has 0 saturated carbocycles. The number of para-hydroxylation sites is 1. The summed E-state index contributed by atoms with van der Waals surface area (Å²) in [6.07, 6.45) is 0.988. The van der Waals surface area contributed by atoms with Crippen molar-refractivity contribution in [3.63, 3.8) is 0 Å². The van der Waals surface area contributed by atoms with Crippen molar-refractivity contribution in [1.29, 1.82) is 0 Å². The van der Waals surface area contributed by atoms with Gasteiger partial charge in [-0.25, -0.2) is 13.1 Å². The fourth-order valence-electron chi connectivity index (χ4n) is 3.80. The smallest absolute Gasteiger partial charge is 0.240 e. The summed E-state index contributed by atoms with van der Waals surface area (Å²) < 4.78 is 28.9. The van der Waals surface area contributed by atoms with E-state index in [1.165, 1.54) is 16.1 Å². The molecule has 1 aliphatic heterocycles. The number of nitrogens with one attached hydrogen (secondary N) is 1. The monoisotopic (exact) mass is 412 g/mol. The molecule has 4 rings (SSSR count). The van der Waals surface area contributed by atoms with Gasteiger partial charge in [0.15, 0.2) is 0 Å². The molecule has 0 spiro atoms. The Kier molecular flexibility index (Phi) is 5.27. The number of thiophene rings is 1. The average Bonchev–Trinajstić information content (AvgIpc) is 3.35. The zero-order valence-corrected chi connectivity index (χ0v) is 17.7. The maximum Gasteiger partial charge on any atom is 0.240 e. The Morgan fingerprint density at radius 2 is 1.93 bits per heavy atom. The van der Waals surface area contributed by atoms with Gasteiger partial charge in [-0.05, 0) is 60.5 Å². The van der Waals surface area contributed by atoms with Crippen molar-refractivity contribution in [3.8, 4) is 0 Å². The summed E-state index contributed by atoms with van der Waals surface area (Å²) in [5.74, 6) is 0. The zero-order chi connectivity index (χ0) is 19.7. The van der Waals surface area contributed by atoms with Crippen molar-refractivity contribution >= 4 is 27.0 Å². The van der Waals surface area contributed by atoms with Crippen molar-refractivity contribution in [2.45, 2.75) is 31.2 Å². The predicted molar refractivity (Wildman–Crippen MR) is 116 cm³/mol. The standard InChI is InChI=1S/C22H24N2O2S2/c1-16-9-10-17(2)22(14-16)28(25,26)23-15-20(21-8-5-13-27-21)24-12-11-18-6-3-4-7-19(18)24/h3-10,13-14,20,23H,11-12,15H2,1-2H3/t20-/m1/s1. The first-order valence-electron chi connectivity index (χ1n) is 9.40. The zero-order valence-electron chi connectivity index (χ0n) is 16.1. The van der Waals surface area contributed by atoms with Crippen LogP contribution in [0.15, 0.2) is 64.9 Å². The van der Waals surface area contributed by atoms with Crippen molar-refractivity contribution in [1.82, 2.24) is 4.72 Å². The fraction of sp³-hybridized carbons (Fsp3) is 0.273. The first-order valence-corrected chi connectivity index (χ1v) is 11.8. The van der Waals surface area contributed by atoms with Gasteiger partial charge >= 0.3 is 0 Å². The quantitative estimate of drug-likeness (QED) is 0.651. The van der Waals surface area contributed by atoms with Crippen LogP contribution in [0, 0.1) is 13.8 Å². The Hall–Kier alpha value is -2.15. The third-order valence-electron chi connectivity index (χ3n) is 5.27. The van der Waals surface area contributed by atoms with Crippen LogP contribution in [0.2, 0.25) is 0 Å². The molecule has 1 aliphatic rings. The highest BCUT2D eigenvalue weighted by Gasteiger charge is 2.29.